The molecule has 4 nitrogen and oxygen atoms in total. The number of halogens is 1. The van der Waals surface area contributed by atoms with Gasteiger partial charge in [0.15, 0.2) is 5.78 Å². The molecule has 17 heavy (non-hydrogen) atoms. The quantitative estimate of drug-likeness (QED) is 0.586. The number of carbonyl (C=O) groups excluding carboxylic acids is 2. The second kappa shape index (κ2) is 9.15. The first kappa shape index (κ1) is 16.1. The van der Waals surface area contributed by atoms with Crippen molar-refractivity contribution in [2.75, 3.05) is 20.1 Å². The highest BCUT2D eigenvalue weighted by molar-refractivity contribution is 7.12. The van der Waals surface area contributed by atoms with Crippen LogP contribution in [0.25, 0.3) is 0 Å². The zero-order chi connectivity index (χ0) is 11.8. The highest BCUT2D eigenvalue weighted by Crippen LogP contribution is 2.11. The van der Waals surface area contributed by atoms with Gasteiger partial charge in [-0.2, -0.15) is 0 Å². The maximum absolute atomic E-state index is 11.6. The Hall–Kier alpha value is -0.910. The molecule has 1 rings (SSSR count). The molecule has 0 unspecified atom stereocenters. The summed E-state index contributed by atoms with van der Waals surface area (Å²) in [4.78, 5) is 23.6. The Morgan fingerprint density at radius 3 is 2.65 bits per heavy atom. The van der Waals surface area contributed by atoms with Crippen LogP contribution in [0.5, 0.6) is 0 Å². The summed E-state index contributed by atoms with van der Waals surface area (Å²) in [5, 5.41) is 7.53. The summed E-state index contributed by atoms with van der Waals surface area (Å²) in [5.74, 6) is -0.0288. The van der Waals surface area contributed by atoms with Gasteiger partial charge < -0.3 is 10.6 Å². The number of nitrogens with one attached hydrogen (secondary N) is 2. The zero-order valence-corrected chi connectivity index (χ0v) is 11.3. The lowest BCUT2D eigenvalue weighted by molar-refractivity contribution is -0.121. The van der Waals surface area contributed by atoms with Crippen LogP contribution in [0.15, 0.2) is 17.5 Å². The molecule has 0 bridgehead atoms. The molecular weight excluding hydrogens is 260 g/mol. The standard InChI is InChI=1S/C11H16N2O2S.ClH/c1-12-6-7-13-11(15)5-4-9(14)10-3-2-8-16-10;/h2-3,8,12H,4-7H2,1H3,(H,13,15);1H. The van der Waals surface area contributed by atoms with E-state index < -0.39 is 0 Å². The van der Waals surface area contributed by atoms with Crippen molar-refractivity contribution >= 4 is 35.4 Å². The van der Waals surface area contributed by atoms with Crippen molar-refractivity contribution in [1.82, 2.24) is 10.6 Å². The predicted molar refractivity (Wildman–Crippen MR) is 72.1 cm³/mol. The van der Waals surface area contributed by atoms with Crippen molar-refractivity contribution in [2.45, 2.75) is 12.8 Å². The minimum absolute atomic E-state index is 0. The molecule has 0 spiro atoms. The van der Waals surface area contributed by atoms with Crippen molar-refractivity contribution < 1.29 is 9.59 Å². The van der Waals surface area contributed by atoms with Crippen LogP contribution in [0, 0.1) is 0 Å². The molecule has 1 heterocycles. The number of thiophene rings is 1. The average Bonchev–Trinajstić information content (AvgIpc) is 2.79. The lowest BCUT2D eigenvalue weighted by atomic mass is 10.2. The number of amides is 1. The molecule has 1 amide bonds. The van der Waals surface area contributed by atoms with Crippen LogP contribution in [-0.4, -0.2) is 31.8 Å². The lowest BCUT2D eigenvalue weighted by Crippen LogP contribution is -2.30. The van der Waals surface area contributed by atoms with Crippen LogP contribution in [-0.2, 0) is 4.79 Å². The van der Waals surface area contributed by atoms with Crippen molar-refractivity contribution in [3.05, 3.63) is 22.4 Å². The van der Waals surface area contributed by atoms with E-state index >= 15 is 0 Å². The topological polar surface area (TPSA) is 58.2 Å². The van der Waals surface area contributed by atoms with E-state index in [0.717, 1.165) is 11.4 Å². The Bertz CT molecular complexity index is 341. The molecule has 0 radical (unpaired) electrons. The molecule has 6 heteroatoms. The molecule has 1 aromatic rings. The number of hydrogen-bond acceptors (Lipinski definition) is 4. The molecule has 0 aliphatic heterocycles. The van der Waals surface area contributed by atoms with Gasteiger partial charge in [0.1, 0.15) is 0 Å². The van der Waals surface area contributed by atoms with Crippen LogP contribution >= 0.6 is 23.7 Å². The van der Waals surface area contributed by atoms with E-state index in [2.05, 4.69) is 10.6 Å². The Morgan fingerprint density at radius 2 is 2.06 bits per heavy atom. The molecular formula is C11H17ClN2O2S. The second-order valence-electron chi connectivity index (χ2n) is 3.35. The Labute approximate surface area is 111 Å². The van der Waals surface area contributed by atoms with Crippen LogP contribution in [0.2, 0.25) is 0 Å². The minimum Gasteiger partial charge on any atom is -0.355 e. The number of carbonyl (C=O) groups is 2. The normalized spacial score (nSPS) is 9.47. The van der Waals surface area contributed by atoms with Crippen molar-refractivity contribution in [3.8, 4) is 0 Å². The van der Waals surface area contributed by atoms with E-state index in [1.807, 2.05) is 18.5 Å². The first-order valence-corrected chi connectivity index (χ1v) is 6.10. The van der Waals surface area contributed by atoms with Crippen LogP contribution < -0.4 is 10.6 Å². The zero-order valence-electron chi connectivity index (χ0n) is 9.69. The van der Waals surface area contributed by atoms with Gasteiger partial charge in [-0.3, -0.25) is 9.59 Å². The average molecular weight is 277 g/mol. The molecule has 0 atom stereocenters. The smallest absolute Gasteiger partial charge is 0.220 e. The van der Waals surface area contributed by atoms with Crippen molar-refractivity contribution in [2.24, 2.45) is 0 Å². The Balaban J connectivity index is 0.00000256. The van der Waals surface area contributed by atoms with E-state index in [0.29, 0.717) is 6.54 Å². The summed E-state index contributed by atoms with van der Waals surface area (Å²) in [6, 6.07) is 3.62. The van der Waals surface area contributed by atoms with Gasteiger partial charge in [0, 0.05) is 25.9 Å². The molecule has 0 saturated heterocycles. The fraction of sp³-hybridized carbons (Fsp3) is 0.455. The van der Waals surface area contributed by atoms with Gasteiger partial charge in [0.05, 0.1) is 4.88 Å². The van der Waals surface area contributed by atoms with Gasteiger partial charge >= 0.3 is 0 Å². The SMILES string of the molecule is CNCCNC(=O)CCC(=O)c1cccs1.Cl. The van der Waals surface area contributed by atoms with E-state index in [1.165, 1.54) is 11.3 Å². The lowest BCUT2D eigenvalue weighted by Gasteiger charge is -2.03. The third kappa shape index (κ3) is 6.41. The second-order valence-corrected chi connectivity index (χ2v) is 4.30. The Morgan fingerprint density at radius 1 is 1.29 bits per heavy atom. The summed E-state index contributed by atoms with van der Waals surface area (Å²) in [5.41, 5.74) is 0. The van der Waals surface area contributed by atoms with Gasteiger partial charge in [0.2, 0.25) is 5.91 Å². The van der Waals surface area contributed by atoms with E-state index in [9.17, 15) is 9.59 Å². The molecule has 96 valence electrons. The van der Waals surface area contributed by atoms with Crippen molar-refractivity contribution in [3.63, 3.8) is 0 Å². The molecule has 0 fully saturated rings. The maximum Gasteiger partial charge on any atom is 0.220 e. The number of likely N-dealkylation sites (N-methyl/N-ethyl adjacent to an activating group) is 1. The highest BCUT2D eigenvalue weighted by Gasteiger charge is 2.09. The van der Waals surface area contributed by atoms with E-state index in [1.54, 1.807) is 6.07 Å². The number of ketones is 1. The van der Waals surface area contributed by atoms with Gasteiger partial charge in [-0.05, 0) is 18.5 Å². The fourth-order valence-corrected chi connectivity index (χ4v) is 1.90. The van der Waals surface area contributed by atoms with Crippen LogP contribution in [0.3, 0.4) is 0 Å². The third-order valence-electron chi connectivity index (χ3n) is 2.07. The third-order valence-corrected chi connectivity index (χ3v) is 2.98. The summed E-state index contributed by atoms with van der Waals surface area (Å²) in [6.07, 6.45) is 0.548. The van der Waals surface area contributed by atoms with Gasteiger partial charge in [-0.25, -0.2) is 0 Å². The molecule has 0 saturated carbocycles. The Kier molecular flexibility index (Phi) is 8.66. The van der Waals surface area contributed by atoms with Gasteiger partial charge in [0.25, 0.3) is 0 Å². The summed E-state index contributed by atoms with van der Waals surface area (Å²) >= 11 is 1.41. The number of rotatable bonds is 7. The predicted octanol–water partition coefficient (Wildman–Crippen LogP) is 1.47. The van der Waals surface area contributed by atoms with Gasteiger partial charge in [-0.15, -0.1) is 23.7 Å². The van der Waals surface area contributed by atoms with Gasteiger partial charge in [-0.1, -0.05) is 6.07 Å². The van der Waals surface area contributed by atoms with E-state index in [-0.39, 0.29) is 36.9 Å². The number of Topliss-reactive ketones (excluding diaryl/α,β-unsaturated/α-hetero) is 1. The largest absolute Gasteiger partial charge is 0.355 e. The highest BCUT2D eigenvalue weighted by atomic mass is 35.5. The molecule has 2 N–H and O–H groups in total. The summed E-state index contributed by atoms with van der Waals surface area (Å²) in [7, 11) is 1.83. The summed E-state index contributed by atoms with van der Waals surface area (Å²) < 4.78 is 0. The van der Waals surface area contributed by atoms with Crippen LogP contribution in [0.4, 0.5) is 0 Å². The van der Waals surface area contributed by atoms with Crippen LogP contribution in [0.1, 0.15) is 22.5 Å². The van der Waals surface area contributed by atoms with Crippen molar-refractivity contribution in [1.29, 1.82) is 0 Å². The first-order chi connectivity index (χ1) is 7.74. The molecule has 0 aromatic carbocycles. The summed E-state index contributed by atoms with van der Waals surface area (Å²) in [6.45, 7) is 1.34. The minimum atomic E-state index is -0.0693. The van der Waals surface area contributed by atoms with E-state index in [4.69, 9.17) is 0 Å². The maximum atomic E-state index is 11.6. The number of hydrogen-bond donors (Lipinski definition) is 2. The molecule has 0 aliphatic carbocycles. The molecule has 0 aliphatic rings. The molecule has 1 aromatic heterocycles. The fourth-order valence-electron chi connectivity index (χ4n) is 1.20. The first-order valence-electron chi connectivity index (χ1n) is 5.22. The monoisotopic (exact) mass is 276 g/mol.